The Morgan fingerprint density at radius 2 is 0.509 bits per heavy atom. The Kier molecular flexibility index (Phi) is 73.9. The third kappa shape index (κ3) is 76.9. The van der Waals surface area contributed by atoms with Crippen LogP contribution in [0.5, 0.6) is 0 Å². The van der Waals surface area contributed by atoms with E-state index in [1.54, 1.807) is 0 Å². The highest BCUT2D eigenvalue weighted by Gasteiger charge is 2.30. The summed E-state index contributed by atoms with van der Waals surface area (Å²) in [6, 6.07) is 0. The summed E-state index contributed by atoms with van der Waals surface area (Å²) in [4.78, 5) is 73.0. The van der Waals surface area contributed by atoms with Crippen LogP contribution >= 0.6 is 15.6 Å². The number of hydrogen-bond donors (Lipinski definition) is 3. The molecule has 0 aromatic heterocycles. The first-order valence-corrected chi connectivity index (χ1v) is 43.7. The van der Waals surface area contributed by atoms with Gasteiger partial charge in [-0.15, -0.1) is 0 Å². The minimum absolute atomic E-state index is 0.0300. The van der Waals surface area contributed by atoms with E-state index in [4.69, 9.17) is 37.0 Å². The normalized spacial score (nSPS) is 14.7. The summed E-state index contributed by atoms with van der Waals surface area (Å²) >= 11 is 0. The van der Waals surface area contributed by atoms with Gasteiger partial charge in [-0.3, -0.25) is 37.3 Å². The topological polar surface area (TPSA) is 237 Å². The van der Waals surface area contributed by atoms with Crippen molar-refractivity contribution in [3.63, 3.8) is 0 Å². The van der Waals surface area contributed by atoms with Gasteiger partial charge in [0.05, 0.1) is 26.4 Å². The van der Waals surface area contributed by atoms with Crippen molar-refractivity contribution in [1.82, 2.24) is 0 Å². The number of phosphoric ester groups is 2. The first kappa shape index (κ1) is 101. The van der Waals surface area contributed by atoms with Gasteiger partial charge in [0.2, 0.25) is 0 Å². The molecule has 0 bridgehead atoms. The average molecular weight is 1520 g/mol. The van der Waals surface area contributed by atoms with Crippen LogP contribution in [-0.2, 0) is 65.4 Å². The second-order valence-electron chi connectivity index (χ2n) is 26.6. The zero-order valence-electron chi connectivity index (χ0n) is 66.1. The van der Waals surface area contributed by atoms with Gasteiger partial charge in [0, 0.05) is 25.7 Å². The molecule has 0 aliphatic rings. The number of aliphatic hydroxyl groups excluding tert-OH is 1. The standard InChI is InChI=1S/C87H144O17P2/c1-5-9-13-17-21-25-29-33-36-38-40-42-45-48-52-56-60-64-68-72-85(90)98-78-83(103-86(91)73-69-65-61-57-53-49-44-35-31-27-23-19-15-11-7-3)80-102-106(95,96)100-76-81(88)75-99-105(93,94)101-79-82(77-97-84(89)71-67-63-59-55-51-47-32-28-24-20-16-12-8-4)104-87(92)74-70-66-62-58-54-50-46-43-41-39-37-34-30-26-22-18-14-10-6-2/h9-10,13-14,21-22,25-27,31,33-34,36-37,40-43,48,50,52,54,60,62,64,66,81-83,88H,5-8,11-12,15-20,23-24,28-30,32,35,38-39,44-47,49,51,53,55-59,61,63,65,67-80H2,1-4H3,(H,93,94)(H,95,96)/b13-9-,14-10-,25-21-,26-22-,31-27-,36-33-,37-34-,42-40-,43-41-,52-48-,54-50-,64-60-,66-62-/t81-,82+,83+/m0/s1. The maximum atomic E-state index is 13.1. The van der Waals surface area contributed by atoms with Crippen LogP contribution in [0.1, 0.15) is 310 Å². The molecule has 0 spiro atoms. The Bertz CT molecular complexity index is 2630. The van der Waals surface area contributed by atoms with Gasteiger partial charge in [0.15, 0.2) is 12.2 Å². The fraction of sp³-hybridized carbons (Fsp3) is 0.655. The number of rotatable bonds is 75. The molecule has 604 valence electrons. The van der Waals surface area contributed by atoms with E-state index in [0.29, 0.717) is 38.5 Å². The van der Waals surface area contributed by atoms with Crippen molar-refractivity contribution >= 4 is 39.5 Å². The third-order valence-electron chi connectivity index (χ3n) is 16.5. The minimum atomic E-state index is -5.01. The number of unbranched alkanes of at least 4 members (excludes halogenated alkanes) is 23. The van der Waals surface area contributed by atoms with Crippen molar-refractivity contribution < 1.29 is 80.2 Å². The largest absolute Gasteiger partial charge is 0.472 e. The smallest absolute Gasteiger partial charge is 0.462 e. The van der Waals surface area contributed by atoms with E-state index in [1.807, 2.05) is 36.5 Å². The summed E-state index contributed by atoms with van der Waals surface area (Å²) in [5.41, 5.74) is 0. The molecule has 106 heavy (non-hydrogen) atoms. The lowest BCUT2D eigenvalue weighted by Crippen LogP contribution is -2.30. The Balaban J connectivity index is 5.50. The number of hydrogen-bond acceptors (Lipinski definition) is 15. The summed E-state index contributed by atoms with van der Waals surface area (Å²) < 4.78 is 68.5. The van der Waals surface area contributed by atoms with Crippen molar-refractivity contribution in [1.29, 1.82) is 0 Å². The summed E-state index contributed by atoms with van der Waals surface area (Å²) in [6.07, 6.45) is 91.1. The van der Waals surface area contributed by atoms with Gasteiger partial charge in [-0.2, -0.15) is 0 Å². The molecule has 0 rings (SSSR count). The van der Waals surface area contributed by atoms with Crippen LogP contribution in [0.4, 0.5) is 0 Å². The molecule has 0 radical (unpaired) electrons. The minimum Gasteiger partial charge on any atom is -0.462 e. The predicted octanol–water partition coefficient (Wildman–Crippen LogP) is 24.0. The lowest BCUT2D eigenvalue weighted by atomic mass is 10.0. The van der Waals surface area contributed by atoms with Crippen LogP contribution < -0.4 is 0 Å². The Hall–Kier alpha value is -5.32. The number of allylic oxidation sites excluding steroid dienone is 26. The molecule has 0 fully saturated rings. The van der Waals surface area contributed by atoms with Crippen molar-refractivity contribution in [3.8, 4) is 0 Å². The maximum Gasteiger partial charge on any atom is 0.472 e. The van der Waals surface area contributed by atoms with Crippen LogP contribution in [0.2, 0.25) is 0 Å². The predicted molar refractivity (Wildman–Crippen MR) is 436 cm³/mol. The summed E-state index contributed by atoms with van der Waals surface area (Å²) in [6.45, 7) is 4.47. The number of phosphoric acid groups is 2. The second kappa shape index (κ2) is 77.8. The van der Waals surface area contributed by atoms with E-state index in [1.165, 1.54) is 77.0 Å². The van der Waals surface area contributed by atoms with Crippen LogP contribution in [0.25, 0.3) is 0 Å². The SMILES string of the molecule is CC/C=C\C/C=C\C/C=C\C/C=C\C/C=C\C/C=C\CCC(=O)OC[C@H](COP(=O)(O)OC[C@@H](O)COP(=O)(O)OC[C@@H](COC(=O)CCCCCCCCCCCCCCC)OC(=O)CC/C=C\C/C=C\C/C=C\C/C=C\C/C=C\C/C=C\CC)OC(=O)CCCCCCCCC/C=C\CCCCCC. The highest BCUT2D eigenvalue weighted by molar-refractivity contribution is 7.47. The second-order valence-corrected chi connectivity index (χ2v) is 29.5. The van der Waals surface area contributed by atoms with Crippen LogP contribution in [0, 0.1) is 0 Å². The molecule has 0 amide bonds. The van der Waals surface area contributed by atoms with Crippen molar-refractivity contribution in [2.24, 2.45) is 0 Å². The van der Waals surface area contributed by atoms with Gasteiger partial charge in [0.25, 0.3) is 0 Å². The van der Waals surface area contributed by atoms with E-state index < -0.39 is 97.5 Å². The van der Waals surface area contributed by atoms with Crippen LogP contribution in [0.15, 0.2) is 158 Å². The molecule has 0 aliphatic heterocycles. The van der Waals surface area contributed by atoms with Crippen molar-refractivity contribution in [2.75, 3.05) is 39.6 Å². The summed E-state index contributed by atoms with van der Waals surface area (Å²) in [5.74, 6) is -2.38. The molecule has 0 aromatic rings. The average Bonchev–Trinajstić information content (AvgIpc) is 0.902. The number of ether oxygens (including phenoxy) is 4. The molecule has 0 aliphatic carbocycles. The van der Waals surface area contributed by atoms with Gasteiger partial charge in [-0.1, -0.05) is 314 Å². The molecule has 19 heteroatoms. The molecule has 0 aromatic carbocycles. The monoisotopic (exact) mass is 1520 g/mol. The highest BCUT2D eigenvalue weighted by Crippen LogP contribution is 2.45. The van der Waals surface area contributed by atoms with Gasteiger partial charge in [-0.05, 0) is 128 Å². The quantitative estimate of drug-likeness (QED) is 0.0169. The van der Waals surface area contributed by atoms with E-state index in [2.05, 4.69) is 149 Å². The van der Waals surface area contributed by atoms with Gasteiger partial charge in [0.1, 0.15) is 19.3 Å². The van der Waals surface area contributed by atoms with Crippen molar-refractivity contribution in [3.05, 3.63) is 158 Å². The molecule has 0 saturated carbocycles. The molecule has 0 saturated heterocycles. The van der Waals surface area contributed by atoms with Gasteiger partial charge < -0.3 is 33.8 Å². The lowest BCUT2D eigenvalue weighted by Gasteiger charge is -2.21. The number of esters is 4. The zero-order chi connectivity index (χ0) is 77.4. The first-order valence-electron chi connectivity index (χ1n) is 40.7. The van der Waals surface area contributed by atoms with Gasteiger partial charge >= 0.3 is 39.5 Å². The third-order valence-corrected chi connectivity index (χ3v) is 18.4. The van der Waals surface area contributed by atoms with E-state index in [-0.39, 0.29) is 25.7 Å². The van der Waals surface area contributed by atoms with Crippen LogP contribution in [-0.4, -0.2) is 96.7 Å². The molecule has 0 heterocycles. The lowest BCUT2D eigenvalue weighted by molar-refractivity contribution is -0.161. The van der Waals surface area contributed by atoms with E-state index in [9.17, 15) is 43.2 Å². The Labute approximate surface area is 642 Å². The first-order chi connectivity index (χ1) is 51.7. The zero-order valence-corrected chi connectivity index (χ0v) is 67.8. The van der Waals surface area contributed by atoms with Crippen LogP contribution in [0.3, 0.4) is 0 Å². The summed E-state index contributed by atoms with van der Waals surface area (Å²) in [5, 5.41) is 10.6. The fourth-order valence-electron chi connectivity index (χ4n) is 10.4. The molecule has 2 unspecified atom stereocenters. The molecular weight excluding hydrogens is 1380 g/mol. The van der Waals surface area contributed by atoms with E-state index >= 15 is 0 Å². The Morgan fingerprint density at radius 1 is 0.274 bits per heavy atom. The summed E-state index contributed by atoms with van der Waals surface area (Å²) in [7, 11) is -10.0. The van der Waals surface area contributed by atoms with E-state index in [0.717, 1.165) is 141 Å². The van der Waals surface area contributed by atoms with Gasteiger partial charge in [-0.25, -0.2) is 9.13 Å². The number of carbonyl (C=O) groups excluding carboxylic acids is 4. The highest BCUT2D eigenvalue weighted by atomic mass is 31.2. The molecule has 3 N–H and O–H groups in total. The fourth-order valence-corrected chi connectivity index (χ4v) is 12.0. The molecule has 5 atom stereocenters. The maximum absolute atomic E-state index is 13.1. The molecule has 17 nitrogen and oxygen atoms in total. The number of carbonyl (C=O) groups is 4. The molecular formula is C87H144O17P2. The number of aliphatic hydroxyl groups is 1. The Morgan fingerprint density at radius 3 is 0.840 bits per heavy atom. The van der Waals surface area contributed by atoms with Crippen molar-refractivity contribution in [2.45, 2.75) is 329 Å².